The highest BCUT2D eigenvalue weighted by Crippen LogP contribution is 2.12. The predicted molar refractivity (Wildman–Crippen MR) is 106 cm³/mol. The lowest BCUT2D eigenvalue weighted by Gasteiger charge is -2.13. The minimum absolute atomic E-state index is 0.175. The topological polar surface area (TPSA) is 53.6 Å². The Labute approximate surface area is 156 Å². The van der Waals surface area contributed by atoms with Gasteiger partial charge < -0.3 is 20.3 Å². The van der Waals surface area contributed by atoms with Gasteiger partial charge in [-0.1, -0.05) is 43.3 Å². The average molecular weight is 355 g/mol. The van der Waals surface area contributed by atoms with Gasteiger partial charge in [0, 0.05) is 39.5 Å². The van der Waals surface area contributed by atoms with Gasteiger partial charge in [-0.05, 0) is 35.2 Å². The van der Waals surface area contributed by atoms with E-state index in [1.807, 2.05) is 67.5 Å². The average Bonchev–Trinajstić information content (AvgIpc) is 2.66. The maximum absolute atomic E-state index is 12.1. The van der Waals surface area contributed by atoms with E-state index in [9.17, 15) is 4.79 Å². The molecule has 0 aliphatic rings. The van der Waals surface area contributed by atoms with Crippen LogP contribution in [-0.2, 0) is 24.4 Å². The highest BCUT2D eigenvalue weighted by molar-refractivity contribution is 5.73. The maximum atomic E-state index is 12.1. The van der Waals surface area contributed by atoms with Crippen LogP contribution < -0.4 is 15.5 Å². The fraction of sp³-hybridized carbons (Fsp3) is 0.381. The number of carbonyl (C=O) groups is 1. The summed E-state index contributed by atoms with van der Waals surface area (Å²) >= 11 is 0. The van der Waals surface area contributed by atoms with Gasteiger partial charge in [0.05, 0.1) is 6.61 Å². The van der Waals surface area contributed by atoms with Gasteiger partial charge in [0.2, 0.25) is 0 Å². The molecule has 2 N–H and O–H groups in total. The number of urea groups is 1. The SMILES string of the molecule is CCCOCc1ccccc1CNC(=O)NCc1ccc(N(C)C)cc1. The van der Waals surface area contributed by atoms with Gasteiger partial charge in [-0.2, -0.15) is 0 Å². The van der Waals surface area contributed by atoms with Crippen molar-refractivity contribution in [3.05, 3.63) is 65.2 Å². The number of carbonyl (C=O) groups excluding carboxylic acids is 1. The third-order valence-corrected chi connectivity index (χ3v) is 4.07. The first-order valence-electron chi connectivity index (χ1n) is 9.02. The van der Waals surface area contributed by atoms with Crippen LogP contribution in [0.25, 0.3) is 0 Å². The fourth-order valence-corrected chi connectivity index (χ4v) is 2.53. The second-order valence-corrected chi connectivity index (χ2v) is 6.42. The Balaban J connectivity index is 1.80. The molecule has 0 aliphatic carbocycles. The summed E-state index contributed by atoms with van der Waals surface area (Å²) in [5.74, 6) is 0. The second-order valence-electron chi connectivity index (χ2n) is 6.42. The third-order valence-electron chi connectivity index (χ3n) is 4.07. The minimum Gasteiger partial charge on any atom is -0.378 e. The summed E-state index contributed by atoms with van der Waals surface area (Å²) in [5, 5.41) is 5.81. The second kappa shape index (κ2) is 10.5. The first-order chi connectivity index (χ1) is 12.6. The van der Waals surface area contributed by atoms with Crippen molar-refractivity contribution in [3.8, 4) is 0 Å². The van der Waals surface area contributed by atoms with Crippen LogP contribution in [-0.4, -0.2) is 26.7 Å². The van der Waals surface area contributed by atoms with Crippen LogP contribution in [0.2, 0.25) is 0 Å². The van der Waals surface area contributed by atoms with Crippen molar-refractivity contribution in [3.63, 3.8) is 0 Å². The van der Waals surface area contributed by atoms with Gasteiger partial charge in [-0.15, -0.1) is 0 Å². The number of amides is 2. The van der Waals surface area contributed by atoms with Crippen molar-refractivity contribution in [2.24, 2.45) is 0 Å². The van der Waals surface area contributed by atoms with E-state index in [-0.39, 0.29) is 6.03 Å². The van der Waals surface area contributed by atoms with Crippen LogP contribution in [0, 0.1) is 0 Å². The Kier molecular flexibility index (Phi) is 7.96. The molecule has 0 heterocycles. The van der Waals surface area contributed by atoms with E-state index in [1.165, 1.54) is 0 Å². The van der Waals surface area contributed by atoms with Crippen molar-refractivity contribution in [1.82, 2.24) is 10.6 Å². The van der Waals surface area contributed by atoms with Crippen LogP contribution in [0.5, 0.6) is 0 Å². The highest BCUT2D eigenvalue weighted by Gasteiger charge is 2.05. The van der Waals surface area contributed by atoms with E-state index in [4.69, 9.17) is 4.74 Å². The molecule has 2 rings (SSSR count). The molecule has 0 fully saturated rings. The van der Waals surface area contributed by atoms with Crippen molar-refractivity contribution >= 4 is 11.7 Å². The smallest absolute Gasteiger partial charge is 0.315 e. The molecule has 26 heavy (non-hydrogen) atoms. The summed E-state index contributed by atoms with van der Waals surface area (Å²) in [6.45, 7) is 4.39. The first kappa shape index (κ1) is 19.8. The Hall–Kier alpha value is -2.53. The Morgan fingerprint density at radius 2 is 1.62 bits per heavy atom. The molecule has 0 spiro atoms. The zero-order chi connectivity index (χ0) is 18.8. The number of ether oxygens (including phenoxy) is 1. The van der Waals surface area contributed by atoms with E-state index in [2.05, 4.69) is 17.6 Å². The molecule has 0 aromatic heterocycles. The first-order valence-corrected chi connectivity index (χ1v) is 9.02. The zero-order valence-corrected chi connectivity index (χ0v) is 15.9. The molecule has 2 aromatic rings. The monoisotopic (exact) mass is 355 g/mol. The van der Waals surface area contributed by atoms with Crippen molar-refractivity contribution in [1.29, 1.82) is 0 Å². The van der Waals surface area contributed by atoms with Gasteiger partial charge in [0.25, 0.3) is 0 Å². The van der Waals surface area contributed by atoms with Crippen LogP contribution in [0.1, 0.15) is 30.0 Å². The molecule has 0 saturated heterocycles. The van der Waals surface area contributed by atoms with E-state index in [0.717, 1.165) is 35.4 Å². The van der Waals surface area contributed by atoms with E-state index >= 15 is 0 Å². The number of nitrogens with zero attached hydrogens (tertiary/aromatic N) is 1. The van der Waals surface area contributed by atoms with E-state index in [1.54, 1.807) is 0 Å². The quantitative estimate of drug-likeness (QED) is 0.675. The molecule has 0 aliphatic heterocycles. The third kappa shape index (κ3) is 6.41. The Morgan fingerprint density at radius 1 is 0.962 bits per heavy atom. The number of hydrogen-bond donors (Lipinski definition) is 2. The normalized spacial score (nSPS) is 10.4. The molecule has 0 atom stereocenters. The fourth-order valence-electron chi connectivity index (χ4n) is 2.53. The Morgan fingerprint density at radius 3 is 2.27 bits per heavy atom. The summed E-state index contributed by atoms with van der Waals surface area (Å²) < 4.78 is 5.62. The summed E-state index contributed by atoms with van der Waals surface area (Å²) in [7, 11) is 4.01. The summed E-state index contributed by atoms with van der Waals surface area (Å²) in [6.07, 6.45) is 0.998. The van der Waals surface area contributed by atoms with Crippen molar-refractivity contribution in [2.45, 2.75) is 33.0 Å². The standard InChI is InChI=1S/C21H29N3O2/c1-4-13-26-16-19-8-6-5-7-18(19)15-23-21(25)22-14-17-9-11-20(12-10-17)24(2)3/h5-12H,4,13-16H2,1-3H3,(H2,22,23,25). The summed E-state index contributed by atoms with van der Waals surface area (Å²) in [5.41, 5.74) is 4.40. The minimum atomic E-state index is -0.175. The van der Waals surface area contributed by atoms with Gasteiger partial charge in [0.1, 0.15) is 0 Å². The predicted octanol–water partition coefficient (Wildman–Crippen LogP) is 3.68. The van der Waals surface area contributed by atoms with Gasteiger partial charge in [-0.3, -0.25) is 0 Å². The molecular formula is C21H29N3O2. The lowest BCUT2D eigenvalue weighted by Crippen LogP contribution is -2.34. The zero-order valence-electron chi connectivity index (χ0n) is 15.9. The molecule has 5 nitrogen and oxygen atoms in total. The van der Waals surface area contributed by atoms with Crippen LogP contribution in [0.3, 0.4) is 0 Å². The van der Waals surface area contributed by atoms with Crippen LogP contribution in [0.4, 0.5) is 10.5 Å². The number of nitrogens with one attached hydrogen (secondary N) is 2. The number of rotatable bonds is 9. The molecule has 2 aromatic carbocycles. The molecular weight excluding hydrogens is 326 g/mol. The highest BCUT2D eigenvalue weighted by atomic mass is 16.5. The lowest BCUT2D eigenvalue weighted by atomic mass is 10.1. The van der Waals surface area contributed by atoms with Crippen molar-refractivity contribution < 1.29 is 9.53 Å². The van der Waals surface area contributed by atoms with Crippen LogP contribution >= 0.6 is 0 Å². The largest absolute Gasteiger partial charge is 0.378 e. The number of hydrogen-bond acceptors (Lipinski definition) is 3. The number of anilines is 1. The van der Waals surface area contributed by atoms with E-state index < -0.39 is 0 Å². The molecule has 0 unspecified atom stereocenters. The van der Waals surface area contributed by atoms with Gasteiger partial charge >= 0.3 is 6.03 Å². The Bertz CT molecular complexity index is 684. The lowest BCUT2D eigenvalue weighted by molar-refractivity contribution is 0.121. The molecule has 5 heteroatoms. The van der Waals surface area contributed by atoms with Crippen molar-refractivity contribution in [2.75, 3.05) is 25.6 Å². The maximum Gasteiger partial charge on any atom is 0.315 e. The van der Waals surface area contributed by atoms with E-state index in [0.29, 0.717) is 19.7 Å². The molecule has 2 amide bonds. The molecule has 140 valence electrons. The summed E-state index contributed by atoms with van der Waals surface area (Å²) in [4.78, 5) is 14.1. The molecule has 0 saturated carbocycles. The number of benzene rings is 2. The van der Waals surface area contributed by atoms with Gasteiger partial charge in [-0.25, -0.2) is 4.79 Å². The summed E-state index contributed by atoms with van der Waals surface area (Å²) in [6, 6.07) is 16.0. The molecule has 0 radical (unpaired) electrons. The van der Waals surface area contributed by atoms with Crippen LogP contribution in [0.15, 0.2) is 48.5 Å². The molecule has 0 bridgehead atoms. The van der Waals surface area contributed by atoms with Gasteiger partial charge in [0.15, 0.2) is 0 Å².